The van der Waals surface area contributed by atoms with Gasteiger partial charge in [-0.3, -0.25) is 9.59 Å². The molecule has 0 unspecified atom stereocenters. The molecule has 2 fully saturated rings. The van der Waals surface area contributed by atoms with Gasteiger partial charge in [0.1, 0.15) is 5.75 Å². The zero-order chi connectivity index (χ0) is 21.1. The van der Waals surface area contributed by atoms with Crippen LogP contribution in [-0.2, 0) is 22.4 Å². The molecule has 1 saturated carbocycles. The molecule has 0 atom stereocenters. The molecule has 160 valence electrons. The molecule has 8 heteroatoms. The van der Waals surface area contributed by atoms with E-state index in [-0.39, 0.29) is 23.7 Å². The molecule has 1 aromatic carbocycles. The van der Waals surface area contributed by atoms with E-state index in [1.54, 1.807) is 12.0 Å². The number of carbonyl (C=O) groups excluding carboxylic acids is 2. The van der Waals surface area contributed by atoms with Crippen LogP contribution >= 0.6 is 0 Å². The number of likely N-dealkylation sites (tertiary alicyclic amines) is 1. The minimum absolute atomic E-state index is 0.0991. The van der Waals surface area contributed by atoms with Crippen LogP contribution in [-0.4, -0.2) is 65.5 Å². The van der Waals surface area contributed by atoms with Crippen molar-refractivity contribution in [2.24, 2.45) is 5.92 Å². The van der Waals surface area contributed by atoms with Crippen molar-refractivity contribution in [3.8, 4) is 5.75 Å². The molecule has 2 heterocycles. The van der Waals surface area contributed by atoms with E-state index in [0.29, 0.717) is 50.6 Å². The van der Waals surface area contributed by atoms with Crippen molar-refractivity contribution in [3.63, 3.8) is 0 Å². The highest BCUT2D eigenvalue weighted by Crippen LogP contribution is 2.30. The highest BCUT2D eigenvalue weighted by molar-refractivity contribution is 5.80. The predicted octanol–water partition coefficient (Wildman–Crippen LogP) is 2.05. The second-order valence-corrected chi connectivity index (χ2v) is 8.18. The van der Waals surface area contributed by atoms with Gasteiger partial charge in [0.05, 0.1) is 13.0 Å². The second kappa shape index (κ2) is 8.85. The molecule has 1 saturated heterocycles. The molecule has 0 N–H and O–H groups in total. The molecule has 2 aliphatic rings. The van der Waals surface area contributed by atoms with Gasteiger partial charge in [-0.15, -0.1) is 0 Å². The number of nitrogens with zero attached hydrogens (tertiary/aromatic N) is 4. The lowest BCUT2D eigenvalue weighted by Crippen LogP contribution is -2.48. The Morgan fingerprint density at radius 1 is 1.20 bits per heavy atom. The summed E-state index contributed by atoms with van der Waals surface area (Å²) in [6.07, 6.45) is 3.78. The Morgan fingerprint density at radius 2 is 1.93 bits per heavy atom. The number of rotatable bonds is 9. The van der Waals surface area contributed by atoms with Crippen LogP contribution < -0.4 is 4.74 Å². The number of ether oxygens (including phenoxy) is 1. The summed E-state index contributed by atoms with van der Waals surface area (Å²) >= 11 is 0. The monoisotopic (exact) mass is 412 g/mol. The highest BCUT2D eigenvalue weighted by Gasteiger charge is 2.35. The SMILES string of the molecule is COc1ccc(CCC(=O)N2CC(c3nc(CCN(C)C(=O)C4CC4)no3)C2)cc1. The summed E-state index contributed by atoms with van der Waals surface area (Å²) in [6.45, 7) is 1.82. The maximum Gasteiger partial charge on any atom is 0.233 e. The number of amides is 2. The minimum atomic E-state index is 0.0991. The zero-order valence-corrected chi connectivity index (χ0v) is 17.5. The molecule has 1 aliphatic heterocycles. The van der Waals surface area contributed by atoms with E-state index in [9.17, 15) is 9.59 Å². The maximum atomic E-state index is 12.4. The standard InChI is InChI=1S/C22H28N4O4/c1-25(22(28)16-6-7-16)12-11-19-23-21(30-24-19)17-13-26(14-17)20(27)10-5-15-3-8-18(29-2)9-4-15/h3-4,8-9,16-17H,5-7,10-14H2,1-2H3. The van der Waals surface area contributed by atoms with Gasteiger partial charge in [-0.1, -0.05) is 17.3 Å². The Labute approximate surface area is 176 Å². The second-order valence-electron chi connectivity index (χ2n) is 8.18. The van der Waals surface area contributed by atoms with Crippen molar-refractivity contribution in [2.45, 2.75) is 38.0 Å². The number of aromatic nitrogens is 2. The van der Waals surface area contributed by atoms with Gasteiger partial charge < -0.3 is 19.1 Å². The molecule has 0 radical (unpaired) electrons. The van der Waals surface area contributed by atoms with E-state index in [0.717, 1.165) is 24.2 Å². The van der Waals surface area contributed by atoms with Crippen molar-refractivity contribution in [1.82, 2.24) is 19.9 Å². The largest absolute Gasteiger partial charge is 0.497 e. The van der Waals surface area contributed by atoms with Crippen LogP contribution in [0.5, 0.6) is 5.75 Å². The van der Waals surface area contributed by atoms with E-state index in [1.807, 2.05) is 36.2 Å². The van der Waals surface area contributed by atoms with E-state index in [1.165, 1.54) is 0 Å². The number of aryl methyl sites for hydroxylation is 1. The molecule has 4 rings (SSSR count). The molecule has 1 aromatic heterocycles. The molecule has 1 aliphatic carbocycles. The molecule has 8 nitrogen and oxygen atoms in total. The van der Waals surface area contributed by atoms with Gasteiger partial charge in [-0.2, -0.15) is 4.98 Å². The van der Waals surface area contributed by atoms with E-state index in [4.69, 9.17) is 9.26 Å². The summed E-state index contributed by atoms with van der Waals surface area (Å²) < 4.78 is 10.5. The third kappa shape index (κ3) is 4.80. The van der Waals surface area contributed by atoms with E-state index < -0.39 is 0 Å². The smallest absolute Gasteiger partial charge is 0.233 e. The fourth-order valence-corrected chi connectivity index (χ4v) is 3.59. The lowest BCUT2D eigenvalue weighted by atomic mass is 9.99. The van der Waals surface area contributed by atoms with Gasteiger partial charge >= 0.3 is 0 Å². The van der Waals surface area contributed by atoms with Crippen LogP contribution in [0, 0.1) is 5.92 Å². The molecule has 0 bridgehead atoms. The summed E-state index contributed by atoms with van der Waals surface area (Å²) in [5.74, 6) is 2.69. The Hall–Kier alpha value is -2.90. The fourth-order valence-electron chi connectivity index (χ4n) is 3.59. The van der Waals surface area contributed by atoms with Gasteiger partial charge in [-0.25, -0.2) is 0 Å². The molecule has 30 heavy (non-hydrogen) atoms. The first-order chi connectivity index (χ1) is 14.5. The molecule has 2 amide bonds. The third-order valence-electron chi connectivity index (χ3n) is 5.83. The number of likely N-dealkylation sites (N-methyl/N-ethyl adjacent to an activating group) is 1. The van der Waals surface area contributed by atoms with Crippen LogP contribution in [0.4, 0.5) is 0 Å². The summed E-state index contributed by atoms with van der Waals surface area (Å²) in [5.41, 5.74) is 1.12. The number of carbonyl (C=O) groups is 2. The first-order valence-electron chi connectivity index (χ1n) is 10.5. The summed E-state index contributed by atoms with van der Waals surface area (Å²) in [4.78, 5) is 32.4. The quantitative estimate of drug-likeness (QED) is 0.626. The number of benzene rings is 1. The molecule has 0 spiro atoms. The van der Waals surface area contributed by atoms with Crippen molar-refractivity contribution in [2.75, 3.05) is 33.8 Å². The average Bonchev–Trinajstić information content (AvgIpc) is 3.48. The van der Waals surface area contributed by atoms with Crippen molar-refractivity contribution in [3.05, 3.63) is 41.5 Å². The lowest BCUT2D eigenvalue weighted by molar-refractivity contribution is -0.136. The van der Waals surface area contributed by atoms with Crippen LogP contribution in [0.1, 0.15) is 42.5 Å². The minimum Gasteiger partial charge on any atom is -0.497 e. The predicted molar refractivity (Wildman–Crippen MR) is 109 cm³/mol. The molecular formula is C22H28N4O4. The summed E-state index contributed by atoms with van der Waals surface area (Å²) in [6, 6.07) is 7.79. The highest BCUT2D eigenvalue weighted by atomic mass is 16.5. The maximum absolute atomic E-state index is 12.4. The first kappa shape index (κ1) is 20.4. The Kier molecular flexibility index (Phi) is 6.01. The van der Waals surface area contributed by atoms with Crippen LogP contribution in [0.2, 0.25) is 0 Å². The van der Waals surface area contributed by atoms with Crippen LogP contribution in [0.15, 0.2) is 28.8 Å². The fraction of sp³-hybridized carbons (Fsp3) is 0.545. The normalized spacial score (nSPS) is 16.3. The number of hydrogen-bond donors (Lipinski definition) is 0. The van der Waals surface area contributed by atoms with Crippen LogP contribution in [0.3, 0.4) is 0 Å². The van der Waals surface area contributed by atoms with Crippen molar-refractivity contribution < 1.29 is 18.8 Å². The van der Waals surface area contributed by atoms with Crippen molar-refractivity contribution in [1.29, 1.82) is 0 Å². The Bertz CT molecular complexity index is 885. The average molecular weight is 412 g/mol. The number of hydrogen-bond acceptors (Lipinski definition) is 6. The Balaban J connectivity index is 1.18. The van der Waals surface area contributed by atoms with Crippen molar-refractivity contribution >= 4 is 11.8 Å². The summed E-state index contributed by atoms with van der Waals surface area (Å²) in [7, 11) is 3.46. The third-order valence-corrected chi connectivity index (χ3v) is 5.83. The topological polar surface area (TPSA) is 88.8 Å². The van der Waals surface area contributed by atoms with Gasteiger partial charge in [0, 0.05) is 45.4 Å². The van der Waals surface area contributed by atoms with Gasteiger partial charge in [0.2, 0.25) is 17.7 Å². The molecule has 2 aromatic rings. The number of methoxy groups -OCH3 is 1. The van der Waals surface area contributed by atoms with Gasteiger partial charge in [-0.05, 0) is 37.0 Å². The summed E-state index contributed by atoms with van der Waals surface area (Å²) in [5, 5.41) is 4.03. The van der Waals surface area contributed by atoms with Gasteiger partial charge in [0.25, 0.3) is 0 Å². The Morgan fingerprint density at radius 3 is 2.60 bits per heavy atom. The van der Waals surface area contributed by atoms with Crippen LogP contribution in [0.25, 0.3) is 0 Å². The zero-order valence-electron chi connectivity index (χ0n) is 17.5. The van der Waals surface area contributed by atoms with Gasteiger partial charge in [0.15, 0.2) is 5.82 Å². The lowest BCUT2D eigenvalue weighted by Gasteiger charge is -2.37. The van der Waals surface area contributed by atoms with E-state index >= 15 is 0 Å². The van der Waals surface area contributed by atoms with E-state index in [2.05, 4.69) is 10.1 Å². The molecular weight excluding hydrogens is 384 g/mol. The first-order valence-corrected chi connectivity index (χ1v) is 10.5.